The average Bonchev–Trinajstić information content (AvgIpc) is 2.11. The molecule has 0 aromatic rings. The number of rotatable bonds is 1. The molecule has 0 amide bonds. The van der Waals surface area contributed by atoms with Crippen molar-refractivity contribution in [1.82, 2.24) is 0 Å². The molecule has 1 nitrogen and oxygen atoms in total. The zero-order valence-electron chi connectivity index (χ0n) is 9.80. The van der Waals surface area contributed by atoms with Crippen molar-refractivity contribution in [1.29, 1.82) is 0 Å². The second-order valence-corrected chi connectivity index (χ2v) is 7.03. The predicted molar refractivity (Wildman–Crippen MR) is 59.6 cm³/mol. The molecular formula is C14H22O. The Morgan fingerprint density at radius 3 is 1.73 bits per heavy atom. The molecule has 1 saturated heterocycles. The minimum Gasteiger partial charge on any atom is -0.375 e. The summed E-state index contributed by atoms with van der Waals surface area (Å²) in [5.41, 5.74) is 0.892. The molecule has 15 heavy (non-hydrogen) atoms. The van der Waals surface area contributed by atoms with E-state index in [0.717, 1.165) is 24.4 Å². The fraction of sp³-hybridized carbons (Fsp3) is 1.00. The average molecular weight is 206 g/mol. The van der Waals surface area contributed by atoms with E-state index in [0.29, 0.717) is 5.41 Å². The van der Waals surface area contributed by atoms with Gasteiger partial charge in [0.25, 0.3) is 0 Å². The quantitative estimate of drug-likeness (QED) is 0.639. The fourth-order valence-electron chi connectivity index (χ4n) is 5.58. The Morgan fingerprint density at radius 2 is 1.40 bits per heavy atom. The van der Waals surface area contributed by atoms with Crippen molar-refractivity contribution in [3.63, 3.8) is 0 Å². The maximum atomic E-state index is 6.00. The smallest absolute Gasteiger partial charge is 0.0732 e. The van der Waals surface area contributed by atoms with E-state index in [1.54, 1.807) is 19.3 Å². The highest BCUT2D eigenvalue weighted by Gasteiger charge is 2.61. The summed E-state index contributed by atoms with van der Waals surface area (Å²) >= 11 is 0. The highest BCUT2D eigenvalue weighted by molar-refractivity contribution is 5.11. The second-order valence-electron chi connectivity index (χ2n) is 7.03. The van der Waals surface area contributed by atoms with Gasteiger partial charge in [-0.1, -0.05) is 0 Å². The molecule has 4 saturated carbocycles. The van der Waals surface area contributed by atoms with Crippen molar-refractivity contribution in [2.45, 2.75) is 57.5 Å². The van der Waals surface area contributed by atoms with Crippen LogP contribution in [0.4, 0.5) is 0 Å². The highest BCUT2D eigenvalue weighted by Crippen LogP contribution is 2.66. The van der Waals surface area contributed by atoms with Gasteiger partial charge >= 0.3 is 0 Å². The first-order valence-corrected chi connectivity index (χ1v) is 6.83. The Balaban J connectivity index is 1.71. The SMILES string of the molecule is CC1(C23CC4CC(CC(C4)C2)C3)CCO1. The molecule has 1 atom stereocenters. The van der Waals surface area contributed by atoms with E-state index >= 15 is 0 Å². The third-order valence-electron chi connectivity index (χ3n) is 6.16. The number of hydrogen-bond donors (Lipinski definition) is 0. The second kappa shape index (κ2) is 2.61. The van der Waals surface area contributed by atoms with Crippen molar-refractivity contribution in [2.75, 3.05) is 6.61 Å². The molecule has 0 spiro atoms. The molecule has 1 heteroatoms. The molecule has 1 aliphatic heterocycles. The Bertz CT molecular complexity index is 254. The van der Waals surface area contributed by atoms with E-state index in [-0.39, 0.29) is 5.60 Å². The van der Waals surface area contributed by atoms with Gasteiger partial charge in [-0.05, 0) is 63.2 Å². The third kappa shape index (κ3) is 1.03. The highest BCUT2D eigenvalue weighted by atomic mass is 16.5. The van der Waals surface area contributed by atoms with E-state index in [1.165, 1.54) is 25.7 Å². The van der Waals surface area contributed by atoms with E-state index in [2.05, 4.69) is 6.92 Å². The summed E-state index contributed by atoms with van der Waals surface area (Å²) in [5, 5.41) is 0. The maximum absolute atomic E-state index is 6.00. The van der Waals surface area contributed by atoms with Gasteiger partial charge in [-0.3, -0.25) is 0 Å². The maximum Gasteiger partial charge on any atom is 0.0732 e. The molecule has 5 rings (SSSR count). The van der Waals surface area contributed by atoms with Gasteiger partial charge < -0.3 is 4.74 Å². The molecule has 1 heterocycles. The molecular weight excluding hydrogens is 184 g/mol. The van der Waals surface area contributed by atoms with Crippen LogP contribution in [0.5, 0.6) is 0 Å². The van der Waals surface area contributed by atoms with Crippen LogP contribution in [0.3, 0.4) is 0 Å². The summed E-state index contributed by atoms with van der Waals surface area (Å²) in [6.45, 7) is 3.43. The predicted octanol–water partition coefficient (Wildman–Crippen LogP) is 3.38. The Labute approximate surface area is 92.6 Å². The molecule has 0 aromatic heterocycles. The lowest BCUT2D eigenvalue weighted by Gasteiger charge is -2.65. The normalized spacial score (nSPS) is 61.8. The first-order chi connectivity index (χ1) is 7.19. The largest absolute Gasteiger partial charge is 0.375 e. The summed E-state index contributed by atoms with van der Waals surface area (Å²) in [6, 6.07) is 0. The Hall–Kier alpha value is -0.0400. The minimum absolute atomic E-state index is 0.281. The van der Waals surface area contributed by atoms with Crippen molar-refractivity contribution >= 4 is 0 Å². The van der Waals surface area contributed by atoms with Crippen LogP contribution in [-0.2, 0) is 4.74 Å². The Kier molecular flexibility index (Phi) is 1.57. The van der Waals surface area contributed by atoms with Gasteiger partial charge in [0.05, 0.1) is 12.2 Å². The third-order valence-corrected chi connectivity index (χ3v) is 6.16. The van der Waals surface area contributed by atoms with E-state index < -0.39 is 0 Å². The lowest BCUT2D eigenvalue weighted by Crippen LogP contribution is -2.62. The van der Waals surface area contributed by atoms with Crippen molar-refractivity contribution in [2.24, 2.45) is 23.2 Å². The van der Waals surface area contributed by atoms with Crippen LogP contribution in [0, 0.1) is 23.2 Å². The van der Waals surface area contributed by atoms with Gasteiger partial charge in [0.2, 0.25) is 0 Å². The molecule has 4 bridgehead atoms. The van der Waals surface area contributed by atoms with E-state index in [4.69, 9.17) is 4.74 Å². The molecule has 5 fully saturated rings. The van der Waals surface area contributed by atoms with Gasteiger partial charge in [0.1, 0.15) is 0 Å². The number of ether oxygens (including phenoxy) is 1. The van der Waals surface area contributed by atoms with E-state index in [1.807, 2.05) is 0 Å². The summed E-state index contributed by atoms with van der Waals surface area (Å²) in [6.07, 6.45) is 10.5. The molecule has 1 unspecified atom stereocenters. The standard InChI is InChI=1S/C14H22O/c1-13(2-3-15-13)14-7-10-4-11(8-14)6-12(5-10)9-14/h10-12H,2-9H2,1H3. The summed E-state index contributed by atoms with van der Waals surface area (Å²) < 4.78 is 6.00. The zero-order chi connectivity index (χ0) is 10.1. The lowest BCUT2D eigenvalue weighted by atomic mass is 9.44. The van der Waals surface area contributed by atoms with Crippen molar-refractivity contribution in [3.05, 3.63) is 0 Å². The first kappa shape index (κ1) is 9.04. The fourth-order valence-corrected chi connectivity index (χ4v) is 5.58. The van der Waals surface area contributed by atoms with E-state index in [9.17, 15) is 0 Å². The Morgan fingerprint density at radius 1 is 0.933 bits per heavy atom. The van der Waals surface area contributed by atoms with Crippen molar-refractivity contribution in [3.8, 4) is 0 Å². The van der Waals surface area contributed by atoms with Crippen LogP contribution in [-0.4, -0.2) is 12.2 Å². The van der Waals surface area contributed by atoms with Crippen LogP contribution in [0.1, 0.15) is 51.9 Å². The monoisotopic (exact) mass is 206 g/mol. The van der Waals surface area contributed by atoms with Gasteiger partial charge in [-0.25, -0.2) is 0 Å². The topological polar surface area (TPSA) is 9.23 Å². The first-order valence-electron chi connectivity index (χ1n) is 6.83. The van der Waals surface area contributed by atoms with Crippen LogP contribution in [0.15, 0.2) is 0 Å². The van der Waals surface area contributed by atoms with Gasteiger partial charge in [-0.2, -0.15) is 0 Å². The van der Waals surface area contributed by atoms with Crippen LogP contribution in [0.2, 0.25) is 0 Å². The molecule has 84 valence electrons. The van der Waals surface area contributed by atoms with Gasteiger partial charge in [-0.15, -0.1) is 0 Å². The summed E-state index contributed by atoms with van der Waals surface area (Å²) in [4.78, 5) is 0. The van der Waals surface area contributed by atoms with Crippen molar-refractivity contribution < 1.29 is 4.74 Å². The van der Waals surface area contributed by atoms with Gasteiger partial charge in [0, 0.05) is 11.8 Å². The molecule has 5 aliphatic rings. The van der Waals surface area contributed by atoms with Gasteiger partial charge in [0.15, 0.2) is 0 Å². The summed E-state index contributed by atoms with van der Waals surface area (Å²) in [7, 11) is 0. The molecule has 0 N–H and O–H groups in total. The van der Waals surface area contributed by atoms with Crippen LogP contribution < -0.4 is 0 Å². The molecule has 0 radical (unpaired) electrons. The number of hydrogen-bond acceptors (Lipinski definition) is 1. The molecule has 4 aliphatic carbocycles. The molecule has 0 aromatic carbocycles. The lowest BCUT2D eigenvalue weighted by molar-refractivity contribution is -0.254. The van der Waals surface area contributed by atoms with Crippen LogP contribution in [0.25, 0.3) is 0 Å². The summed E-state index contributed by atoms with van der Waals surface area (Å²) in [5.74, 6) is 3.20. The minimum atomic E-state index is 0.281. The van der Waals surface area contributed by atoms with Crippen LogP contribution >= 0.6 is 0 Å². The zero-order valence-corrected chi connectivity index (χ0v) is 9.80.